The van der Waals surface area contributed by atoms with Gasteiger partial charge in [-0.2, -0.15) is 5.26 Å². The number of rotatable bonds is 3. The molecule has 1 aliphatic rings. The lowest BCUT2D eigenvalue weighted by molar-refractivity contribution is -0.384. The SMILES string of the molecule is CC1CCCNC1C(=O)Nc1ccc(C#N)cc1[N+](=O)[O-]. The number of nitrogens with one attached hydrogen (secondary N) is 2. The quantitative estimate of drug-likeness (QED) is 0.651. The van der Waals surface area contributed by atoms with Gasteiger partial charge in [0.05, 0.1) is 22.6 Å². The van der Waals surface area contributed by atoms with Crippen molar-refractivity contribution in [2.24, 2.45) is 5.92 Å². The number of nitro groups is 1. The predicted molar refractivity (Wildman–Crippen MR) is 76.6 cm³/mol. The molecule has 1 aliphatic heterocycles. The van der Waals surface area contributed by atoms with Crippen LogP contribution in [0.2, 0.25) is 0 Å². The van der Waals surface area contributed by atoms with E-state index in [2.05, 4.69) is 10.6 Å². The molecule has 1 fully saturated rings. The summed E-state index contributed by atoms with van der Waals surface area (Å²) in [6.07, 6.45) is 1.96. The first-order valence-corrected chi connectivity index (χ1v) is 6.75. The fraction of sp³-hybridized carbons (Fsp3) is 0.429. The van der Waals surface area contributed by atoms with Crippen molar-refractivity contribution in [2.75, 3.05) is 11.9 Å². The van der Waals surface area contributed by atoms with Gasteiger partial charge in [-0.3, -0.25) is 14.9 Å². The van der Waals surface area contributed by atoms with E-state index in [1.807, 2.05) is 13.0 Å². The zero-order chi connectivity index (χ0) is 15.4. The Morgan fingerprint density at radius 3 is 2.95 bits per heavy atom. The lowest BCUT2D eigenvalue weighted by Crippen LogP contribution is -2.48. The van der Waals surface area contributed by atoms with Crippen LogP contribution in [0.15, 0.2) is 18.2 Å². The van der Waals surface area contributed by atoms with E-state index in [9.17, 15) is 14.9 Å². The minimum Gasteiger partial charge on any atom is -0.319 e. The van der Waals surface area contributed by atoms with Crippen molar-refractivity contribution in [3.8, 4) is 6.07 Å². The summed E-state index contributed by atoms with van der Waals surface area (Å²) in [6, 6.07) is 5.49. The molecular formula is C14H16N4O3. The monoisotopic (exact) mass is 288 g/mol. The van der Waals surface area contributed by atoms with E-state index >= 15 is 0 Å². The zero-order valence-corrected chi connectivity index (χ0v) is 11.6. The highest BCUT2D eigenvalue weighted by molar-refractivity contribution is 5.97. The van der Waals surface area contributed by atoms with Gasteiger partial charge in [0.2, 0.25) is 5.91 Å². The third-order valence-corrected chi connectivity index (χ3v) is 3.63. The number of piperidine rings is 1. The van der Waals surface area contributed by atoms with E-state index in [-0.39, 0.29) is 34.8 Å². The molecule has 2 N–H and O–H groups in total. The number of carbonyl (C=O) groups excluding carboxylic acids is 1. The van der Waals surface area contributed by atoms with E-state index < -0.39 is 4.92 Å². The molecule has 0 saturated carbocycles. The summed E-state index contributed by atoms with van der Waals surface area (Å²) in [5, 5.41) is 25.5. The number of amides is 1. The lowest BCUT2D eigenvalue weighted by Gasteiger charge is -2.28. The summed E-state index contributed by atoms with van der Waals surface area (Å²) in [4.78, 5) is 22.7. The maximum absolute atomic E-state index is 12.2. The van der Waals surface area contributed by atoms with E-state index in [0.717, 1.165) is 25.5 Å². The van der Waals surface area contributed by atoms with Gasteiger partial charge in [-0.1, -0.05) is 6.92 Å². The van der Waals surface area contributed by atoms with Gasteiger partial charge >= 0.3 is 0 Å². The molecule has 2 atom stereocenters. The van der Waals surface area contributed by atoms with Crippen molar-refractivity contribution in [3.63, 3.8) is 0 Å². The normalized spacial score (nSPS) is 21.3. The second-order valence-electron chi connectivity index (χ2n) is 5.14. The first-order valence-electron chi connectivity index (χ1n) is 6.75. The van der Waals surface area contributed by atoms with Crippen LogP contribution in [0.3, 0.4) is 0 Å². The van der Waals surface area contributed by atoms with Gasteiger partial charge < -0.3 is 10.6 Å². The number of nitro benzene ring substituents is 1. The molecule has 7 heteroatoms. The Kier molecular flexibility index (Phi) is 4.50. The van der Waals surface area contributed by atoms with Gasteiger partial charge in [-0.15, -0.1) is 0 Å². The Morgan fingerprint density at radius 2 is 2.33 bits per heavy atom. The Labute approximate surface area is 122 Å². The van der Waals surface area contributed by atoms with Gasteiger partial charge in [0.25, 0.3) is 5.69 Å². The maximum atomic E-state index is 12.2. The first-order chi connectivity index (χ1) is 10.0. The minimum absolute atomic E-state index is 0.114. The number of benzene rings is 1. The van der Waals surface area contributed by atoms with Crippen LogP contribution >= 0.6 is 0 Å². The molecular weight excluding hydrogens is 272 g/mol. The number of hydrogen-bond donors (Lipinski definition) is 2. The zero-order valence-electron chi connectivity index (χ0n) is 11.6. The van der Waals surface area contributed by atoms with Crippen molar-refractivity contribution < 1.29 is 9.72 Å². The van der Waals surface area contributed by atoms with Crippen molar-refractivity contribution in [3.05, 3.63) is 33.9 Å². The molecule has 110 valence electrons. The van der Waals surface area contributed by atoms with Crippen LogP contribution in [-0.4, -0.2) is 23.4 Å². The Balaban J connectivity index is 2.21. The lowest BCUT2D eigenvalue weighted by atomic mass is 9.92. The summed E-state index contributed by atoms with van der Waals surface area (Å²) in [6.45, 7) is 2.74. The molecule has 1 saturated heterocycles. The van der Waals surface area contributed by atoms with Crippen LogP contribution in [0.5, 0.6) is 0 Å². The third-order valence-electron chi connectivity index (χ3n) is 3.63. The van der Waals surface area contributed by atoms with Gasteiger partial charge in [0.15, 0.2) is 0 Å². The van der Waals surface area contributed by atoms with Crippen molar-refractivity contribution in [2.45, 2.75) is 25.8 Å². The molecule has 1 amide bonds. The van der Waals surface area contributed by atoms with Crippen LogP contribution < -0.4 is 10.6 Å². The van der Waals surface area contributed by atoms with Crippen molar-refractivity contribution >= 4 is 17.3 Å². The standard InChI is InChI=1S/C14H16N4O3/c1-9-3-2-6-16-13(9)14(19)17-11-5-4-10(8-15)7-12(11)18(20)21/h4-5,7,9,13,16H,2-3,6H2,1H3,(H,17,19). The van der Waals surface area contributed by atoms with E-state index in [1.165, 1.54) is 12.1 Å². The molecule has 0 spiro atoms. The number of nitrogens with zero attached hydrogens (tertiary/aromatic N) is 2. The minimum atomic E-state index is -0.603. The topological polar surface area (TPSA) is 108 Å². The van der Waals surface area contributed by atoms with Crippen LogP contribution in [-0.2, 0) is 4.79 Å². The first kappa shape index (κ1) is 14.9. The van der Waals surface area contributed by atoms with Crippen molar-refractivity contribution in [1.82, 2.24) is 5.32 Å². The van der Waals surface area contributed by atoms with Gasteiger partial charge in [-0.05, 0) is 37.4 Å². The largest absolute Gasteiger partial charge is 0.319 e. The Morgan fingerprint density at radius 1 is 1.57 bits per heavy atom. The summed E-state index contributed by atoms with van der Waals surface area (Å²) in [5.41, 5.74) is 0.0262. The highest BCUT2D eigenvalue weighted by Gasteiger charge is 2.28. The fourth-order valence-electron chi connectivity index (χ4n) is 2.47. The summed E-state index contributed by atoms with van der Waals surface area (Å²) >= 11 is 0. The summed E-state index contributed by atoms with van der Waals surface area (Å²) in [7, 11) is 0. The van der Waals surface area contributed by atoms with Gasteiger partial charge in [0, 0.05) is 6.07 Å². The highest BCUT2D eigenvalue weighted by atomic mass is 16.6. The Hall–Kier alpha value is -2.46. The van der Waals surface area contributed by atoms with Crippen LogP contribution in [0.1, 0.15) is 25.3 Å². The molecule has 21 heavy (non-hydrogen) atoms. The van der Waals surface area contributed by atoms with Gasteiger partial charge in [-0.25, -0.2) is 0 Å². The number of nitriles is 1. The smallest absolute Gasteiger partial charge is 0.294 e. The number of hydrogen-bond acceptors (Lipinski definition) is 5. The second-order valence-corrected chi connectivity index (χ2v) is 5.14. The molecule has 1 aromatic carbocycles. The Bertz CT molecular complexity index is 609. The van der Waals surface area contributed by atoms with E-state index in [4.69, 9.17) is 5.26 Å². The fourth-order valence-corrected chi connectivity index (χ4v) is 2.47. The molecule has 2 rings (SSSR count). The van der Waals surface area contributed by atoms with Crippen LogP contribution in [0, 0.1) is 27.4 Å². The molecule has 7 nitrogen and oxygen atoms in total. The maximum Gasteiger partial charge on any atom is 0.294 e. The van der Waals surface area contributed by atoms with E-state index in [1.54, 1.807) is 0 Å². The van der Waals surface area contributed by atoms with Gasteiger partial charge in [0.1, 0.15) is 5.69 Å². The second kappa shape index (κ2) is 6.33. The molecule has 0 aliphatic carbocycles. The molecule has 0 aromatic heterocycles. The molecule has 1 heterocycles. The summed E-state index contributed by atoms with van der Waals surface area (Å²) < 4.78 is 0. The number of anilines is 1. The average Bonchev–Trinajstić information content (AvgIpc) is 2.47. The molecule has 1 aromatic rings. The molecule has 0 radical (unpaired) electrons. The number of carbonyl (C=O) groups is 1. The van der Waals surface area contributed by atoms with Crippen LogP contribution in [0.25, 0.3) is 0 Å². The molecule has 2 unspecified atom stereocenters. The van der Waals surface area contributed by atoms with Crippen molar-refractivity contribution in [1.29, 1.82) is 5.26 Å². The highest BCUT2D eigenvalue weighted by Crippen LogP contribution is 2.26. The third kappa shape index (κ3) is 3.35. The molecule has 0 bridgehead atoms. The summed E-state index contributed by atoms with van der Waals surface area (Å²) in [5.74, 6) is -0.105. The predicted octanol–water partition coefficient (Wildman–Crippen LogP) is 1.79. The van der Waals surface area contributed by atoms with E-state index in [0.29, 0.717) is 0 Å². The van der Waals surface area contributed by atoms with Crippen LogP contribution in [0.4, 0.5) is 11.4 Å². The average molecular weight is 288 g/mol.